The Hall–Kier alpha value is -2.21. The first-order chi connectivity index (χ1) is 12.7. The van der Waals surface area contributed by atoms with Crippen molar-refractivity contribution < 1.29 is 14.3 Å². The lowest BCUT2D eigenvalue weighted by molar-refractivity contribution is -0.135. The molecule has 3 heterocycles. The molecule has 26 heavy (non-hydrogen) atoms. The number of methoxy groups -OCH3 is 1. The Labute approximate surface area is 157 Å². The fourth-order valence-corrected chi connectivity index (χ4v) is 5.09. The molecule has 5 nitrogen and oxygen atoms in total. The highest BCUT2D eigenvalue weighted by Crippen LogP contribution is 2.46. The Kier molecular flexibility index (Phi) is 4.76. The molecule has 2 aliphatic rings. The summed E-state index contributed by atoms with van der Waals surface area (Å²) in [7, 11) is 1.64. The van der Waals surface area contributed by atoms with E-state index in [0.717, 1.165) is 42.3 Å². The zero-order valence-corrected chi connectivity index (χ0v) is 15.6. The van der Waals surface area contributed by atoms with Crippen molar-refractivity contribution in [2.75, 3.05) is 26.0 Å². The number of pyridine rings is 1. The zero-order valence-electron chi connectivity index (χ0n) is 14.8. The number of rotatable bonds is 5. The molecule has 2 aromatic rings. The molecule has 0 N–H and O–H groups in total. The predicted molar refractivity (Wildman–Crippen MR) is 102 cm³/mol. The largest absolute Gasteiger partial charge is 0.497 e. The predicted octanol–water partition coefficient (Wildman–Crippen LogP) is 2.80. The van der Waals surface area contributed by atoms with Crippen molar-refractivity contribution in [3.8, 4) is 11.5 Å². The Morgan fingerprint density at radius 1 is 1.27 bits per heavy atom. The van der Waals surface area contributed by atoms with Crippen molar-refractivity contribution in [1.82, 2.24) is 9.88 Å². The number of thioether (sulfide) groups is 1. The van der Waals surface area contributed by atoms with Crippen LogP contribution < -0.4 is 9.47 Å². The van der Waals surface area contributed by atoms with Gasteiger partial charge < -0.3 is 14.4 Å². The van der Waals surface area contributed by atoms with Gasteiger partial charge in [-0.25, -0.2) is 0 Å². The van der Waals surface area contributed by atoms with Crippen LogP contribution >= 0.6 is 11.8 Å². The summed E-state index contributed by atoms with van der Waals surface area (Å²) >= 11 is 1.94. The monoisotopic (exact) mass is 370 g/mol. The second kappa shape index (κ2) is 7.19. The van der Waals surface area contributed by atoms with Gasteiger partial charge in [-0.2, -0.15) is 0 Å². The Bertz CT molecular complexity index is 760. The van der Waals surface area contributed by atoms with E-state index in [1.165, 1.54) is 0 Å². The van der Waals surface area contributed by atoms with Gasteiger partial charge in [0, 0.05) is 31.5 Å². The van der Waals surface area contributed by atoms with Gasteiger partial charge in [0.25, 0.3) is 0 Å². The number of hydrogen-bond acceptors (Lipinski definition) is 5. The van der Waals surface area contributed by atoms with E-state index in [4.69, 9.17) is 9.47 Å². The van der Waals surface area contributed by atoms with Crippen molar-refractivity contribution in [3.63, 3.8) is 0 Å². The van der Waals surface area contributed by atoms with Crippen molar-refractivity contribution in [2.24, 2.45) is 0 Å². The molecule has 1 amide bonds. The minimum atomic E-state index is 0.169. The number of ether oxygens (including phenoxy) is 2. The number of carbonyl (C=O) groups excluding carboxylic acids is 1. The van der Waals surface area contributed by atoms with E-state index in [9.17, 15) is 4.79 Å². The number of nitrogens with zero attached hydrogens (tertiary/aromatic N) is 2. The first kappa shape index (κ1) is 17.2. The summed E-state index contributed by atoms with van der Waals surface area (Å²) in [6.45, 7) is 1.64. The molecular formula is C20H22N2O3S. The van der Waals surface area contributed by atoms with Gasteiger partial charge in [-0.3, -0.25) is 9.78 Å². The van der Waals surface area contributed by atoms with Crippen LogP contribution in [0.5, 0.6) is 11.5 Å². The number of hydrogen-bond donors (Lipinski definition) is 0. The van der Waals surface area contributed by atoms with Crippen LogP contribution in [-0.2, 0) is 11.2 Å². The van der Waals surface area contributed by atoms with Gasteiger partial charge in [-0.05, 0) is 29.8 Å². The van der Waals surface area contributed by atoms with E-state index < -0.39 is 0 Å². The molecule has 0 aliphatic carbocycles. The number of amides is 1. The summed E-state index contributed by atoms with van der Waals surface area (Å²) in [6, 6.07) is 11.5. The summed E-state index contributed by atoms with van der Waals surface area (Å²) in [5.74, 6) is 2.79. The third-order valence-electron chi connectivity index (χ3n) is 4.94. The normalized spacial score (nSPS) is 20.7. The standard InChI is InChI=1S/C20H22N2O3S/c1-24-16-6-4-15(5-7-16)9-19(23)22-13-20(14-22)10-18(12-26-20)25-17-3-2-8-21-11-17/h2-8,11,18H,9-10,12-14H2,1H3/t18-/m0/s1. The highest BCUT2D eigenvalue weighted by molar-refractivity contribution is 8.01. The number of aromatic nitrogens is 1. The topological polar surface area (TPSA) is 51.7 Å². The lowest BCUT2D eigenvalue weighted by Crippen LogP contribution is -2.61. The molecular weight excluding hydrogens is 348 g/mol. The maximum Gasteiger partial charge on any atom is 0.227 e. The van der Waals surface area contributed by atoms with Gasteiger partial charge in [0.2, 0.25) is 5.91 Å². The Morgan fingerprint density at radius 2 is 2.08 bits per heavy atom. The summed E-state index contributed by atoms with van der Waals surface area (Å²) in [6.07, 6.45) is 5.12. The Balaban J connectivity index is 1.27. The third-order valence-corrected chi connectivity index (χ3v) is 6.51. The van der Waals surface area contributed by atoms with Crippen LogP contribution in [0.2, 0.25) is 0 Å². The first-order valence-corrected chi connectivity index (χ1v) is 9.76. The van der Waals surface area contributed by atoms with Crippen molar-refractivity contribution >= 4 is 17.7 Å². The number of likely N-dealkylation sites (tertiary alicyclic amines) is 1. The van der Waals surface area contributed by atoms with Crippen LogP contribution in [0.1, 0.15) is 12.0 Å². The van der Waals surface area contributed by atoms with Gasteiger partial charge in [0.15, 0.2) is 0 Å². The smallest absolute Gasteiger partial charge is 0.227 e. The molecule has 2 aliphatic heterocycles. The van der Waals surface area contributed by atoms with Crippen molar-refractivity contribution in [1.29, 1.82) is 0 Å². The highest BCUT2D eigenvalue weighted by atomic mass is 32.2. The summed E-state index contributed by atoms with van der Waals surface area (Å²) in [5.41, 5.74) is 1.02. The zero-order chi connectivity index (χ0) is 18.0. The molecule has 4 rings (SSSR count). The van der Waals surface area contributed by atoms with E-state index in [1.807, 2.05) is 53.1 Å². The minimum Gasteiger partial charge on any atom is -0.497 e. The van der Waals surface area contributed by atoms with Crippen LogP contribution in [0.25, 0.3) is 0 Å². The van der Waals surface area contributed by atoms with E-state index >= 15 is 0 Å². The molecule has 2 saturated heterocycles. The van der Waals surface area contributed by atoms with Crippen LogP contribution in [0.3, 0.4) is 0 Å². The molecule has 2 fully saturated rings. The maximum absolute atomic E-state index is 12.5. The van der Waals surface area contributed by atoms with E-state index in [1.54, 1.807) is 19.5 Å². The average Bonchev–Trinajstić information content (AvgIpc) is 3.06. The van der Waals surface area contributed by atoms with Crippen LogP contribution in [0, 0.1) is 0 Å². The summed E-state index contributed by atoms with van der Waals surface area (Å²) in [5, 5.41) is 0. The fraction of sp³-hybridized carbons (Fsp3) is 0.400. The first-order valence-electron chi connectivity index (χ1n) is 8.77. The van der Waals surface area contributed by atoms with Gasteiger partial charge in [0.05, 0.1) is 24.5 Å². The molecule has 1 atom stereocenters. The van der Waals surface area contributed by atoms with Crippen LogP contribution in [0.15, 0.2) is 48.8 Å². The second-order valence-electron chi connectivity index (χ2n) is 6.90. The average molecular weight is 370 g/mol. The fourth-order valence-electron chi connectivity index (χ4n) is 3.56. The van der Waals surface area contributed by atoms with Crippen LogP contribution in [0.4, 0.5) is 0 Å². The molecule has 1 aromatic heterocycles. The summed E-state index contributed by atoms with van der Waals surface area (Å²) < 4.78 is 11.3. The van der Waals surface area contributed by atoms with E-state index in [-0.39, 0.29) is 16.8 Å². The molecule has 1 spiro atoms. The van der Waals surface area contributed by atoms with Crippen molar-refractivity contribution in [2.45, 2.75) is 23.7 Å². The number of benzene rings is 1. The molecule has 6 heteroatoms. The molecule has 0 bridgehead atoms. The molecule has 136 valence electrons. The lowest BCUT2D eigenvalue weighted by atomic mass is 9.92. The minimum absolute atomic E-state index is 0.169. The third kappa shape index (κ3) is 3.65. The lowest BCUT2D eigenvalue weighted by Gasteiger charge is -2.47. The Morgan fingerprint density at radius 3 is 2.77 bits per heavy atom. The van der Waals surface area contributed by atoms with Gasteiger partial charge in [0.1, 0.15) is 17.6 Å². The molecule has 0 radical (unpaired) electrons. The molecule has 0 unspecified atom stereocenters. The molecule has 1 aromatic carbocycles. The van der Waals surface area contributed by atoms with Gasteiger partial charge in [-0.1, -0.05) is 12.1 Å². The maximum atomic E-state index is 12.5. The van der Waals surface area contributed by atoms with Crippen LogP contribution in [-0.4, -0.2) is 52.6 Å². The highest BCUT2D eigenvalue weighted by Gasteiger charge is 2.51. The van der Waals surface area contributed by atoms with E-state index in [2.05, 4.69) is 4.98 Å². The van der Waals surface area contributed by atoms with Gasteiger partial charge >= 0.3 is 0 Å². The molecule has 0 saturated carbocycles. The SMILES string of the molecule is COc1ccc(CC(=O)N2CC3(C[C@H](Oc4cccnc4)CS3)C2)cc1. The van der Waals surface area contributed by atoms with E-state index in [0.29, 0.717) is 6.42 Å². The second-order valence-corrected chi connectivity index (χ2v) is 8.39. The van der Waals surface area contributed by atoms with Gasteiger partial charge in [-0.15, -0.1) is 11.8 Å². The number of carbonyl (C=O) groups is 1. The summed E-state index contributed by atoms with van der Waals surface area (Å²) in [4.78, 5) is 18.6. The quantitative estimate of drug-likeness (QED) is 0.810. The van der Waals surface area contributed by atoms with Crippen molar-refractivity contribution in [3.05, 3.63) is 54.4 Å².